The summed E-state index contributed by atoms with van der Waals surface area (Å²) in [4.78, 5) is 25.2. The van der Waals surface area contributed by atoms with E-state index in [0.717, 1.165) is 16.2 Å². The number of methoxy groups -OCH3 is 2. The predicted molar refractivity (Wildman–Crippen MR) is 105 cm³/mol. The van der Waals surface area contributed by atoms with Crippen molar-refractivity contribution in [3.8, 4) is 11.5 Å². The molecule has 144 valence electrons. The quantitative estimate of drug-likeness (QED) is 0.648. The van der Waals surface area contributed by atoms with Crippen molar-refractivity contribution >= 4 is 23.2 Å². The summed E-state index contributed by atoms with van der Waals surface area (Å²) in [5.74, 6) is 0.786. The van der Waals surface area contributed by atoms with E-state index < -0.39 is 0 Å². The maximum absolute atomic E-state index is 12.3. The third-order valence-electron chi connectivity index (χ3n) is 3.94. The number of quaternary nitrogens is 1. The number of anilines is 2. The summed E-state index contributed by atoms with van der Waals surface area (Å²) < 4.78 is 10.4. The highest BCUT2D eigenvalue weighted by Gasteiger charge is 2.16. The first-order valence-corrected chi connectivity index (χ1v) is 8.61. The average Bonchev–Trinajstić information content (AvgIpc) is 2.63. The Kier molecular flexibility index (Phi) is 7.19. The third kappa shape index (κ3) is 6.31. The number of ether oxygens (including phenoxy) is 2. The molecule has 2 rings (SSSR count). The van der Waals surface area contributed by atoms with Gasteiger partial charge in [-0.05, 0) is 31.2 Å². The molecule has 2 aromatic carbocycles. The lowest BCUT2D eigenvalue weighted by atomic mass is 10.2. The summed E-state index contributed by atoms with van der Waals surface area (Å²) in [7, 11) is 4.87. The maximum Gasteiger partial charge on any atom is 0.279 e. The van der Waals surface area contributed by atoms with Gasteiger partial charge < -0.3 is 25.0 Å². The first kappa shape index (κ1) is 20.3. The van der Waals surface area contributed by atoms with Crippen LogP contribution >= 0.6 is 0 Å². The maximum atomic E-state index is 12.3. The molecule has 0 aliphatic rings. The summed E-state index contributed by atoms with van der Waals surface area (Å²) in [6.07, 6.45) is 0. The Morgan fingerprint density at radius 3 is 2.15 bits per heavy atom. The first-order chi connectivity index (χ1) is 12.9. The number of nitrogens with one attached hydrogen (secondary N) is 3. The van der Waals surface area contributed by atoms with E-state index in [1.807, 2.05) is 31.2 Å². The second-order valence-electron chi connectivity index (χ2n) is 6.34. The zero-order valence-electron chi connectivity index (χ0n) is 16.1. The number of hydrogen-bond donors (Lipinski definition) is 3. The van der Waals surface area contributed by atoms with Crippen LogP contribution in [0.2, 0.25) is 0 Å². The van der Waals surface area contributed by atoms with Crippen LogP contribution in [0.3, 0.4) is 0 Å². The molecule has 0 aliphatic carbocycles. The van der Waals surface area contributed by atoms with E-state index in [1.165, 1.54) is 7.11 Å². The van der Waals surface area contributed by atoms with Crippen LogP contribution < -0.4 is 25.0 Å². The van der Waals surface area contributed by atoms with Crippen LogP contribution in [-0.4, -0.2) is 46.2 Å². The molecule has 0 heterocycles. The van der Waals surface area contributed by atoms with Crippen molar-refractivity contribution in [3.63, 3.8) is 0 Å². The van der Waals surface area contributed by atoms with Crippen LogP contribution in [0.4, 0.5) is 11.4 Å². The number of rotatable bonds is 8. The molecule has 0 saturated carbocycles. The molecule has 0 bridgehead atoms. The van der Waals surface area contributed by atoms with Crippen LogP contribution in [0, 0.1) is 6.92 Å². The minimum Gasteiger partial charge on any atom is -0.497 e. The zero-order valence-corrected chi connectivity index (χ0v) is 16.1. The molecule has 0 radical (unpaired) electrons. The molecular formula is C20H26N3O4+. The summed E-state index contributed by atoms with van der Waals surface area (Å²) in [6, 6.07) is 12.7. The van der Waals surface area contributed by atoms with Gasteiger partial charge in [0, 0.05) is 11.8 Å². The molecule has 0 spiro atoms. The fourth-order valence-corrected chi connectivity index (χ4v) is 2.56. The second-order valence-corrected chi connectivity index (χ2v) is 6.34. The fraction of sp³-hybridized carbons (Fsp3) is 0.300. The van der Waals surface area contributed by atoms with Crippen LogP contribution in [0.1, 0.15) is 5.56 Å². The first-order valence-electron chi connectivity index (χ1n) is 8.61. The van der Waals surface area contributed by atoms with Gasteiger partial charge in [-0.2, -0.15) is 0 Å². The molecular weight excluding hydrogens is 346 g/mol. The molecule has 1 atom stereocenters. The lowest BCUT2D eigenvalue weighted by molar-refractivity contribution is -0.862. The zero-order chi connectivity index (χ0) is 19.8. The topological polar surface area (TPSA) is 81.1 Å². The number of likely N-dealkylation sites (N-methyl/N-ethyl adjacent to an activating group) is 1. The molecule has 0 aliphatic heterocycles. The van der Waals surface area contributed by atoms with Gasteiger partial charge in [-0.25, -0.2) is 0 Å². The van der Waals surface area contributed by atoms with Gasteiger partial charge in [-0.3, -0.25) is 9.59 Å². The Morgan fingerprint density at radius 1 is 0.926 bits per heavy atom. The Bertz CT molecular complexity index is 790. The van der Waals surface area contributed by atoms with E-state index in [2.05, 4.69) is 10.6 Å². The molecule has 7 heteroatoms. The SMILES string of the molecule is COc1ccc(OC)c(NC(=O)C[NH+](C)CC(=O)Nc2ccc(C)cc2)c1. The summed E-state index contributed by atoms with van der Waals surface area (Å²) in [5, 5.41) is 5.63. The van der Waals surface area contributed by atoms with E-state index in [4.69, 9.17) is 9.47 Å². The molecule has 0 aromatic heterocycles. The highest BCUT2D eigenvalue weighted by Crippen LogP contribution is 2.28. The summed E-state index contributed by atoms with van der Waals surface area (Å²) in [5.41, 5.74) is 2.39. The summed E-state index contributed by atoms with van der Waals surface area (Å²) in [6.45, 7) is 2.30. The molecule has 7 nitrogen and oxygen atoms in total. The Balaban J connectivity index is 1.88. The number of hydrogen-bond acceptors (Lipinski definition) is 4. The monoisotopic (exact) mass is 372 g/mol. The Morgan fingerprint density at radius 2 is 1.56 bits per heavy atom. The van der Waals surface area contributed by atoms with E-state index in [9.17, 15) is 9.59 Å². The largest absolute Gasteiger partial charge is 0.497 e. The van der Waals surface area contributed by atoms with E-state index in [1.54, 1.807) is 32.4 Å². The minimum atomic E-state index is -0.220. The van der Waals surface area contributed by atoms with Gasteiger partial charge in [-0.15, -0.1) is 0 Å². The van der Waals surface area contributed by atoms with Crippen LogP contribution in [0.15, 0.2) is 42.5 Å². The highest BCUT2D eigenvalue weighted by atomic mass is 16.5. The van der Waals surface area contributed by atoms with Gasteiger partial charge >= 0.3 is 0 Å². The van der Waals surface area contributed by atoms with Gasteiger partial charge in [0.25, 0.3) is 11.8 Å². The van der Waals surface area contributed by atoms with Gasteiger partial charge in [0.15, 0.2) is 13.1 Å². The van der Waals surface area contributed by atoms with E-state index in [0.29, 0.717) is 17.2 Å². The van der Waals surface area contributed by atoms with Crippen molar-refractivity contribution in [1.82, 2.24) is 0 Å². The smallest absolute Gasteiger partial charge is 0.279 e. The number of carbonyl (C=O) groups is 2. The third-order valence-corrected chi connectivity index (χ3v) is 3.94. The minimum absolute atomic E-state index is 0.141. The Labute approximate surface area is 159 Å². The number of benzene rings is 2. The number of amides is 2. The van der Waals surface area contributed by atoms with Gasteiger partial charge in [0.05, 0.1) is 27.0 Å². The molecule has 1 unspecified atom stereocenters. The lowest BCUT2D eigenvalue weighted by Crippen LogP contribution is -3.11. The molecule has 3 N–H and O–H groups in total. The van der Waals surface area contributed by atoms with Crippen molar-refractivity contribution in [2.45, 2.75) is 6.92 Å². The molecule has 0 fully saturated rings. The van der Waals surface area contributed by atoms with Gasteiger partial charge in [0.2, 0.25) is 0 Å². The molecule has 2 aromatic rings. The van der Waals surface area contributed by atoms with Crippen molar-refractivity contribution in [2.75, 3.05) is 45.0 Å². The number of aryl methyl sites for hydroxylation is 1. The normalized spacial score (nSPS) is 11.4. The average molecular weight is 372 g/mol. The van der Waals surface area contributed by atoms with E-state index in [-0.39, 0.29) is 24.9 Å². The fourth-order valence-electron chi connectivity index (χ4n) is 2.56. The highest BCUT2D eigenvalue weighted by molar-refractivity contribution is 5.94. The van der Waals surface area contributed by atoms with Crippen LogP contribution in [-0.2, 0) is 9.59 Å². The summed E-state index contributed by atoms with van der Waals surface area (Å²) >= 11 is 0. The second kappa shape index (κ2) is 9.59. The molecule has 2 amide bonds. The standard InChI is InChI=1S/C20H25N3O4/c1-14-5-7-15(8-6-14)21-19(24)12-23(2)13-20(25)22-17-11-16(26-3)9-10-18(17)27-4/h5-11H,12-13H2,1-4H3,(H,21,24)(H,22,25)/p+1. The van der Waals surface area contributed by atoms with Crippen molar-refractivity contribution in [1.29, 1.82) is 0 Å². The van der Waals surface area contributed by atoms with Gasteiger partial charge in [0.1, 0.15) is 11.5 Å². The number of carbonyl (C=O) groups excluding carboxylic acids is 2. The molecule has 27 heavy (non-hydrogen) atoms. The van der Waals surface area contributed by atoms with Crippen LogP contribution in [0.25, 0.3) is 0 Å². The van der Waals surface area contributed by atoms with Gasteiger partial charge in [-0.1, -0.05) is 17.7 Å². The molecule has 0 saturated heterocycles. The van der Waals surface area contributed by atoms with Crippen molar-refractivity contribution < 1.29 is 24.0 Å². The van der Waals surface area contributed by atoms with Crippen molar-refractivity contribution in [2.24, 2.45) is 0 Å². The lowest BCUT2D eigenvalue weighted by Gasteiger charge is -2.15. The predicted octanol–water partition coefficient (Wildman–Crippen LogP) is 1.10. The van der Waals surface area contributed by atoms with Crippen LogP contribution in [0.5, 0.6) is 11.5 Å². The van der Waals surface area contributed by atoms with Crippen molar-refractivity contribution in [3.05, 3.63) is 48.0 Å². The van der Waals surface area contributed by atoms with E-state index >= 15 is 0 Å². The Hall–Kier alpha value is -3.06.